The number of hydrogen-bond acceptors (Lipinski definition) is 4. The molecule has 0 fully saturated rings. The third-order valence-corrected chi connectivity index (χ3v) is 4.28. The van der Waals surface area contributed by atoms with Crippen LogP contribution in [0.25, 0.3) is 5.69 Å². The van der Waals surface area contributed by atoms with Gasteiger partial charge in [-0.1, -0.05) is 6.07 Å². The summed E-state index contributed by atoms with van der Waals surface area (Å²) in [4.78, 5) is 36.1. The van der Waals surface area contributed by atoms with Crippen LogP contribution >= 0.6 is 0 Å². The summed E-state index contributed by atoms with van der Waals surface area (Å²) in [6, 6.07) is 8.53. The molecule has 1 amide bonds. The average molecular weight is 417 g/mol. The summed E-state index contributed by atoms with van der Waals surface area (Å²) in [5.74, 6) is -3.06. The minimum atomic E-state index is -1.24. The van der Waals surface area contributed by atoms with Crippen LogP contribution in [0.4, 0.5) is 8.78 Å². The van der Waals surface area contributed by atoms with Crippen LogP contribution in [-0.4, -0.2) is 33.9 Å². The van der Waals surface area contributed by atoms with Gasteiger partial charge in [0.2, 0.25) is 0 Å². The zero-order valence-corrected chi connectivity index (χ0v) is 15.7. The Morgan fingerprint density at radius 2 is 1.90 bits per heavy atom. The fourth-order valence-electron chi connectivity index (χ4n) is 2.95. The van der Waals surface area contributed by atoms with E-state index in [4.69, 9.17) is 4.74 Å². The number of amides is 1. The average Bonchev–Trinajstić information content (AvgIpc) is 3.09. The van der Waals surface area contributed by atoms with Gasteiger partial charge < -0.3 is 15.2 Å². The highest BCUT2D eigenvalue weighted by Gasteiger charge is 2.24. The maximum atomic E-state index is 13.7. The van der Waals surface area contributed by atoms with E-state index in [0.717, 1.165) is 28.9 Å². The first-order valence-electron chi connectivity index (χ1n) is 8.72. The number of methoxy groups -OCH3 is 1. The van der Waals surface area contributed by atoms with Crippen molar-refractivity contribution in [3.05, 3.63) is 81.8 Å². The first kappa shape index (κ1) is 20.8. The molecule has 1 aromatic heterocycles. The topological polar surface area (TPSA) is 113 Å². The van der Waals surface area contributed by atoms with Crippen molar-refractivity contribution in [1.29, 1.82) is 0 Å². The fourth-order valence-corrected chi connectivity index (χ4v) is 2.95. The minimum Gasteiger partial charge on any atom is -0.496 e. The zero-order valence-electron chi connectivity index (χ0n) is 15.7. The Morgan fingerprint density at radius 3 is 2.57 bits per heavy atom. The molecule has 0 spiro atoms. The quantitative estimate of drug-likeness (QED) is 0.546. The van der Waals surface area contributed by atoms with Crippen LogP contribution in [0.15, 0.2) is 53.3 Å². The Balaban J connectivity index is 1.92. The number of ether oxygens (including phenoxy) is 1. The van der Waals surface area contributed by atoms with Crippen LogP contribution in [0, 0.1) is 11.6 Å². The van der Waals surface area contributed by atoms with Gasteiger partial charge in [-0.2, -0.15) is 0 Å². The van der Waals surface area contributed by atoms with Crippen LogP contribution in [0.3, 0.4) is 0 Å². The van der Waals surface area contributed by atoms with Crippen LogP contribution in [0.1, 0.15) is 28.5 Å². The third-order valence-electron chi connectivity index (χ3n) is 4.28. The van der Waals surface area contributed by atoms with Crippen molar-refractivity contribution in [3.63, 3.8) is 0 Å². The molecule has 30 heavy (non-hydrogen) atoms. The monoisotopic (exact) mass is 417 g/mol. The first-order chi connectivity index (χ1) is 14.3. The normalized spacial score (nSPS) is 11.7. The van der Waals surface area contributed by atoms with Crippen molar-refractivity contribution < 1.29 is 28.2 Å². The number of carboxylic acid groups (broad SMARTS) is 1. The Kier molecular flexibility index (Phi) is 5.95. The number of aromatic nitrogens is 2. The fraction of sp³-hybridized carbons (Fsp3) is 0.150. The molecule has 3 aromatic rings. The van der Waals surface area contributed by atoms with Gasteiger partial charge in [0.15, 0.2) is 0 Å². The van der Waals surface area contributed by atoms with E-state index in [1.807, 2.05) is 0 Å². The summed E-state index contributed by atoms with van der Waals surface area (Å²) in [5, 5.41) is 14.2. The lowest BCUT2D eigenvalue weighted by Gasteiger charge is -2.19. The number of carbonyl (C=O) groups excluding carboxylic acids is 1. The Labute approximate surface area is 168 Å². The molecular weight excluding hydrogens is 400 g/mol. The van der Waals surface area contributed by atoms with Crippen LogP contribution in [-0.2, 0) is 4.79 Å². The predicted octanol–water partition coefficient (Wildman–Crippen LogP) is 2.40. The lowest BCUT2D eigenvalue weighted by Crippen LogP contribution is -2.31. The van der Waals surface area contributed by atoms with E-state index in [-0.39, 0.29) is 22.7 Å². The smallest absolute Gasteiger partial charge is 0.305 e. The van der Waals surface area contributed by atoms with Gasteiger partial charge in [0.05, 0.1) is 25.3 Å². The molecule has 156 valence electrons. The van der Waals surface area contributed by atoms with Crippen molar-refractivity contribution in [1.82, 2.24) is 15.1 Å². The van der Waals surface area contributed by atoms with Gasteiger partial charge >= 0.3 is 5.97 Å². The molecule has 0 aliphatic heterocycles. The van der Waals surface area contributed by atoms with Crippen LogP contribution < -0.4 is 15.6 Å². The number of nitrogens with zero attached hydrogens (tertiary/aromatic N) is 1. The molecule has 10 heteroatoms. The molecule has 0 aliphatic carbocycles. The highest BCUT2D eigenvalue weighted by molar-refractivity contribution is 5.92. The van der Waals surface area contributed by atoms with Crippen molar-refractivity contribution in [2.45, 2.75) is 12.5 Å². The Hall–Kier alpha value is -3.95. The van der Waals surface area contributed by atoms with Gasteiger partial charge in [-0.3, -0.25) is 19.5 Å². The summed E-state index contributed by atoms with van der Waals surface area (Å²) >= 11 is 0. The number of aromatic amines is 1. The van der Waals surface area contributed by atoms with E-state index < -0.39 is 41.5 Å². The Morgan fingerprint density at radius 1 is 1.17 bits per heavy atom. The number of hydrogen-bond donors (Lipinski definition) is 3. The molecule has 3 N–H and O–H groups in total. The number of carbonyl (C=O) groups is 2. The van der Waals surface area contributed by atoms with E-state index >= 15 is 0 Å². The second kappa shape index (κ2) is 8.60. The maximum Gasteiger partial charge on any atom is 0.305 e. The van der Waals surface area contributed by atoms with Gasteiger partial charge in [-0.05, 0) is 36.4 Å². The van der Waals surface area contributed by atoms with E-state index in [1.54, 1.807) is 0 Å². The lowest BCUT2D eigenvalue weighted by atomic mass is 10.0. The van der Waals surface area contributed by atoms with Crippen molar-refractivity contribution >= 4 is 11.9 Å². The maximum absolute atomic E-state index is 13.7. The number of nitrogens with one attached hydrogen (secondary N) is 2. The van der Waals surface area contributed by atoms with Gasteiger partial charge in [-0.25, -0.2) is 13.5 Å². The molecule has 1 atom stereocenters. The summed E-state index contributed by atoms with van der Waals surface area (Å²) in [7, 11) is 1.33. The van der Waals surface area contributed by atoms with Gasteiger partial charge in [0.1, 0.15) is 23.1 Å². The Bertz CT molecular complexity index is 1160. The predicted molar refractivity (Wildman–Crippen MR) is 102 cm³/mol. The molecule has 0 aliphatic rings. The lowest BCUT2D eigenvalue weighted by molar-refractivity contribution is -0.137. The SMILES string of the molecule is COc1ccc(F)cc1C(CC(=O)O)NC(=O)c1cc(=O)n(-c2cccc(F)c2)[nH]1. The van der Waals surface area contributed by atoms with Crippen molar-refractivity contribution in [2.24, 2.45) is 0 Å². The number of halogens is 2. The zero-order chi connectivity index (χ0) is 21.8. The summed E-state index contributed by atoms with van der Waals surface area (Å²) in [5.41, 5.74) is -0.507. The number of rotatable bonds is 7. The molecule has 1 unspecified atom stereocenters. The van der Waals surface area contributed by atoms with Crippen molar-refractivity contribution in [2.75, 3.05) is 7.11 Å². The van der Waals surface area contributed by atoms with Gasteiger partial charge in [0, 0.05) is 11.6 Å². The standard InChI is InChI=1S/C20H17F2N3O5/c1-30-17-6-5-12(22)8-14(17)15(10-19(27)28)23-20(29)16-9-18(26)25(24-16)13-4-2-3-11(21)7-13/h2-9,15,24H,10H2,1H3,(H,23,29)(H,27,28). The molecule has 2 aromatic carbocycles. The van der Waals surface area contributed by atoms with Gasteiger partial charge in [-0.15, -0.1) is 0 Å². The van der Waals surface area contributed by atoms with Gasteiger partial charge in [0.25, 0.3) is 11.5 Å². The molecule has 0 bridgehead atoms. The van der Waals surface area contributed by atoms with E-state index in [9.17, 15) is 28.3 Å². The highest BCUT2D eigenvalue weighted by Crippen LogP contribution is 2.28. The molecule has 3 rings (SSSR count). The number of carboxylic acids is 1. The summed E-state index contributed by atoms with van der Waals surface area (Å²) in [6.07, 6.45) is -0.555. The van der Waals surface area contributed by atoms with Crippen LogP contribution in [0.5, 0.6) is 5.75 Å². The largest absolute Gasteiger partial charge is 0.496 e. The van der Waals surface area contributed by atoms with Crippen molar-refractivity contribution in [3.8, 4) is 11.4 Å². The number of benzene rings is 2. The molecule has 0 saturated heterocycles. The molecule has 8 nitrogen and oxygen atoms in total. The molecular formula is C20H17F2N3O5. The van der Waals surface area contributed by atoms with E-state index in [0.29, 0.717) is 0 Å². The minimum absolute atomic E-state index is 0.125. The highest BCUT2D eigenvalue weighted by atomic mass is 19.1. The van der Waals surface area contributed by atoms with Crippen LogP contribution in [0.2, 0.25) is 0 Å². The van der Waals surface area contributed by atoms with E-state index in [1.165, 1.54) is 31.4 Å². The number of H-pyrrole nitrogens is 1. The third kappa shape index (κ3) is 4.54. The summed E-state index contributed by atoms with van der Waals surface area (Å²) < 4.78 is 33.2. The molecule has 0 radical (unpaired) electrons. The number of aliphatic carboxylic acids is 1. The first-order valence-corrected chi connectivity index (χ1v) is 8.72. The summed E-state index contributed by atoms with van der Waals surface area (Å²) in [6.45, 7) is 0. The van der Waals surface area contributed by atoms with E-state index in [2.05, 4.69) is 10.4 Å². The molecule has 0 saturated carbocycles. The second-order valence-corrected chi connectivity index (χ2v) is 6.33. The second-order valence-electron chi connectivity index (χ2n) is 6.33. The molecule has 1 heterocycles.